The zero-order valence-corrected chi connectivity index (χ0v) is 15.7. The van der Waals surface area contributed by atoms with Gasteiger partial charge in [-0.15, -0.1) is 0 Å². The average molecular weight is 397 g/mol. The van der Waals surface area contributed by atoms with Crippen LogP contribution in [0.25, 0.3) is 10.2 Å². The van der Waals surface area contributed by atoms with Crippen molar-refractivity contribution in [1.29, 1.82) is 0 Å². The molecule has 0 bridgehead atoms. The van der Waals surface area contributed by atoms with E-state index in [1.807, 2.05) is 25.1 Å². The van der Waals surface area contributed by atoms with E-state index in [0.717, 1.165) is 22.0 Å². The number of aromatic nitrogens is 3. The largest absolute Gasteiger partial charge is 0.296 e. The smallest absolute Gasteiger partial charge is 0.277 e. The lowest BCUT2D eigenvalue weighted by Gasteiger charge is -2.05. The summed E-state index contributed by atoms with van der Waals surface area (Å²) in [6.45, 7) is 3.43. The SMILES string of the molecule is CCS(=O)(=O)c1ncc(Cl)c(C(=O)Nc2nc3ccc(C)cc3s2)n1. The molecule has 0 saturated carbocycles. The van der Waals surface area contributed by atoms with Gasteiger partial charge in [-0.25, -0.2) is 23.4 Å². The minimum atomic E-state index is -3.64. The van der Waals surface area contributed by atoms with Crippen LogP contribution in [0.5, 0.6) is 0 Å². The maximum atomic E-state index is 12.4. The number of nitrogens with zero attached hydrogens (tertiary/aromatic N) is 3. The van der Waals surface area contributed by atoms with E-state index in [0.29, 0.717) is 5.13 Å². The number of halogens is 1. The fourth-order valence-corrected chi connectivity index (χ4v) is 3.87. The Kier molecular flexibility index (Phi) is 4.72. The highest BCUT2D eigenvalue weighted by Crippen LogP contribution is 2.27. The second kappa shape index (κ2) is 6.66. The molecule has 1 amide bonds. The Labute approximate surface area is 153 Å². The van der Waals surface area contributed by atoms with E-state index in [2.05, 4.69) is 20.3 Å². The van der Waals surface area contributed by atoms with Crippen molar-refractivity contribution in [2.24, 2.45) is 0 Å². The second-order valence-corrected chi connectivity index (χ2v) is 8.81. The van der Waals surface area contributed by atoms with Crippen LogP contribution in [-0.2, 0) is 9.84 Å². The van der Waals surface area contributed by atoms with Gasteiger partial charge >= 0.3 is 0 Å². The molecule has 0 saturated heterocycles. The summed E-state index contributed by atoms with van der Waals surface area (Å²) in [7, 11) is -3.64. The maximum Gasteiger partial charge on any atom is 0.277 e. The quantitative estimate of drug-likeness (QED) is 0.680. The highest BCUT2D eigenvalue weighted by atomic mass is 35.5. The highest BCUT2D eigenvalue weighted by molar-refractivity contribution is 7.91. The molecule has 0 atom stereocenters. The summed E-state index contributed by atoms with van der Waals surface area (Å²) in [4.78, 5) is 24.3. The van der Waals surface area contributed by atoms with Crippen LogP contribution in [0.1, 0.15) is 23.0 Å². The first-order valence-electron chi connectivity index (χ1n) is 7.24. The molecular weight excluding hydrogens is 384 g/mol. The number of rotatable bonds is 4. The molecule has 1 aromatic carbocycles. The number of carbonyl (C=O) groups excluding carboxylic acids is 1. The van der Waals surface area contributed by atoms with Crippen molar-refractivity contribution < 1.29 is 13.2 Å². The van der Waals surface area contributed by atoms with Gasteiger partial charge in [-0.05, 0) is 24.6 Å². The minimum Gasteiger partial charge on any atom is -0.296 e. The Morgan fingerprint density at radius 1 is 1.32 bits per heavy atom. The Balaban J connectivity index is 1.93. The number of thiazole rings is 1. The lowest BCUT2D eigenvalue weighted by atomic mass is 10.2. The summed E-state index contributed by atoms with van der Waals surface area (Å²) < 4.78 is 24.7. The van der Waals surface area contributed by atoms with E-state index in [-0.39, 0.29) is 16.5 Å². The predicted octanol–water partition coefficient (Wildman–Crippen LogP) is 3.09. The molecule has 0 spiro atoms. The van der Waals surface area contributed by atoms with E-state index >= 15 is 0 Å². The van der Waals surface area contributed by atoms with Crippen LogP contribution in [0, 0.1) is 6.92 Å². The number of carbonyl (C=O) groups is 1. The van der Waals surface area contributed by atoms with Gasteiger partial charge in [0.05, 0.1) is 27.2 Å². The zero-order valence-electron chi connectivity index (χ0n) is 13.3. The molecule has 130 valence electrons. The van der Waals surface area contributed by atoms with Crippen LogP contribution >= 0.6 is 22.9 Å². The molecule has 0 aliphatic rings. The second-order valence-electron chi connectivity index (χ2n) is 5.20. The molecule has 0 radical (unpaired) electrons. The molecule has 2 aromatic heterocycles. The third-order valence-electron chi connectivity index (χ3n) is 3.36. The number of aryl methyl sites for hydroxylation is 1. The van der Waals surface area contributed by atoms with Crippen molar-refractivity contribution >= 4 is 54.0 Å². The minimum absolute atomic E-state index is 0.0375. The van der Waals surface area contributed by atoms with Gasteiger partial charge in [0.25, 0.3) is 5.91 Å². The van der Waals surface area contributed by atoms with E-state index in [1.165, 1.54) is 18.3 Å². The number of anilines is 1. The molecule has 0 aliphatic carbocycles. The first-order valence-corrected chi connectivity index (χ1v) is 10.1. The Hall–Kier alpha value is -2.10. The van der Waals surface area contributed by atoms with Crippen molar-refractivity contribution in [3.63, 3.8) is 0 Å². The van der Waals surface area contributed by atoms with Crippen molar-refractivity contribution in [2.45, 2.75) is 19.0 Å². The van der Waals surface area contributed by atoms with Crippen LogP contribution in [0.15, 0.2) is 29.6 Å². The molecule has 0 fully saturated rings. The molecule has 1 N–H and O–H groups in total. The molecule has 7 nitrogen and oxygen atoms in total. The molecule has 3 rings (SSSR count). The number of nitrogens with one attached hydrogen (secondary N) is 1. The van der Waals surface area contributed by atoms with Crippen molar-refractivity contribution in [2.75, 3.05) is 11.1 Å². The van der Waals surface area contributed by atoms with Crippen LogP contribution in [0.4, 0.5) is 5.13 Å². The average Bonchev–Trinajstić information content (AvgIpc) is 2.96. The first-order chi connectivity index (χ1) is 11.8. The molecule has 2 heterocycles. The number of fused-ring (bicyclic) bond motifs is 1. The van der Waals surface area contributed by atoms with Crippen LogP contribution in [0.2, 0.25) is 5.02 Å². The maximum absolute atomic E-state index is 12.4. The molecule has 0 aliphatic heterocycles. The number of amides is 1. The summed E-state index contributed by atoms with van der Waals surface area (Å²) in [6.07, 6.45) is 1.10. The fraction of sp³-hybridized carbons (Fsp3) is 0.200. The van der Waals surface area contributed by atoms with Gasteiger partial charge in [-0.2, -0.15) is 0 Å². The van der Waals surface area contributed by atoms with Crippen molar-refractivity contribution in [3.8, 4) is 0 Å². The van der Waals surface area contributed by atoms with E-state index in [4.69, 9.17) is 11.6 Å². The van der Waals surface area contributed by atoms with Gasteiger partial charge < -0.3 is 0 Å². The summed E-state index contributed by atoms with van der Waals surface area (Å²) in [5.41, 5.74) is 1.63. The van der Waals surface area contributed by atoms with Crippen molar-refractivity contribution in [1.82, 2.24) is 15.0 Å². The number of hydrogen-bond donors (Lipinski definition) is 1. The molecule has 10 heteroatoms. The molecule has 25 heavy (non-hydrogen) atoms. The molecule has 3 aromatic rings. The normalized spacial score (nSPS) is 11.6. The number of benzene rings is 1. The Morgan fingerprint density at radius 2 is 2.08 bits per heavy atom. The lowest BCUT2D eigenvalue weighted by molar-refractivity contribution is 0.102. The third kappa shape index (κ3) is 3.63. The highest BCUT2D eigenvalue weighted by Gasteiger charge is 2.21. The predicted molar refractivity (Wildman–Crippen MR) is 97.1 cm³/mol. The fourth-order valence-electron chi connectivity index (χ4n) is 2.03. The van der Waals surface area contributed by atoms with E-state index < -0.39 is 20.9 Å². The Bertz CT molecular complexity index is 1080. The summed E-state index contributed by atoms with van der Waals surface area (Å²) >= 11 is 7.26. The third-order valence-corrected chi connectivity index (χ3v) is 6.08. The Morgan fingerprint density at radius 3 is 2.80 bits per heavy atom. The monoisotopic (exact) mass is 396 g/mol. The van der Waals surface area contributed by atoms with Crippen LogP contribution < -0.4 is 5.32 Å². The topological polar surface area (TPSA) is 102 Å². The van der Waals surface area contributed by atoms with Crippen LogP contribution in [0.3, 0.4) is 0 Å². The van der Waals surface area contributed by atoms with Gasteiger partial charge in [-0.1, -0.05) is 35.9 Å². The van der Waals surface area contributed by atoms with Gasteiger partial charge in [0.1, 0.15) is 0 Å². The van der Waals surface area contributed by atoms with E-state index in [9.17, 15) is 13.2 Å². The zero-order chi connectivity index (χ0) is 18.2. The van der Waals surface area contributed by atoms with Crippen molar-refractivity contribution in [3.05, 3.63) is 40.7 Å². The first kappa shape index (κ1) is 17.7. The summed E-state index contributed by atoms with van der Waals surface area (Å²) in [6, 6.07) is 5.75. The standard InChI is InChI=1S/C15H13ClN4O3S2/c1-3-25(22,23)15-17-7-9(16)12(19-15)13(21)20-14-18-10-5-4-8(2)6-11(10)24-14/h4-7H,3H2,1-2H3,(H,18,20,21). The lowest BCUT2D eigenvalue weighted by Crippen LogP contribution is -2.18. The van der Waals surface area contributed by atoms with Crippen LogP contribution in [-0.4, -0.2) is 35.0 Å². The van der Waals surface area contributed by atoms with Gasteiger partial charge in [0, 0.05) is 0 Å². The van der Waals surface area contributed by atoms with Gasteiger partial charge in [0.2, 0.25) is 15.0 Å². The molecular formula is C15H13ClN4O3S2. The molecule has 0 unspecified atom stereocenters. The van der Waals surface area contributed by atoms with Gasteiger partial charge in [0.15, 0.2) is 10.8 Å². The summed E-state index contributed by atoms with van der Waals surface area (Å²) in [5, 5.41) is 2.51. The number of sulfone groups is 1. The summed E-state index contributed by atoms with van der Waals surface area (Å²) in [5.74, 6) is -0.817. The van der Waals surface area contributed by atoms with E-state index in [1.54, 1.807) is 0 Å². The van der Waals surface area contributed by atoms with Gasteiger partial charge in [-0.3, -0.25) is 10.1 Å². The number of hydrogen-bond acceptors (Lipinski definition) is 7.